The number of aryl methyl sites for hydroxylation is 2. The topological polar surface area (TPSA) is 72.7 Å². The predicted octanol–water partition coefficient (Wildman–Crippen LogP) is 5.41. The Kier molecular flexibility index (Phi) is 5.40. The summed E-state index contributed by atoms with van der Waals surface area (Å²) in [6, 6.07) is 21.6. The molecule has 2 aromatic carbocycles. The zero-order valence-electron chi connectivity index (χ0n) is 18.5. The lowest BCUT2D eigenvalue weighted by Gasteiger charge is -2.13. The van der Waals surface area contributed by atoms with E-state index in [9.17, 15) is 4.79 Å². The Balaban J connectivity index is 1.63. The van der Waals surface area contributed by atoms with Gasteiger partial charge < -0.3 is 5.32 Å². The van der Waals surface area contributed by atoms with Crippen LogP contribution in [0.4, 0.5) is 5.69 Å². The van der Waals surface area contributed by atoms with Crippen molar-refractivity contribution in [3.63, 3.8) is 0 Å². The van der Waals surface area contributed by atoms with Gasteiger partial charge in [0.2, 0.25) is 0 Å². The number of hydrogen-bond acceptors (Lipinski definition) is 4. The lowest BCUT2D eigenvalue weighted by Crippen LogP contribution is -2.15. The molecule has 0 saturated carbocycles. The average Bonchev–Trinajstić information content (AvgIpc) is 3.24. The third-order valence-corrected chi connectivity index (χ3v) is 5.70. The van der Waals surface area contributed by atoms with E-state index >= 15 is 0 Å². The molecular weight excluding hydrogens is 410 g/mol. The summed E-state index contributed by atoms with van der Waals surface area (Å²) < 4.78 is 1.81. The molecule has 0 atom stereocenters. The summed E-state index contributed by atoms with van der Waals surface area (Å²) in [5.41, 5.74) is 6.74. The number of carbonyl (C=O) groups excluding carboxylic acids is 1. The molecule has 3 aromatic heterocycles. The highest BCUT2D eigenvalue weighted by molar-refractivity contribution is 6.13. The Hall–Kier alpha value is -4.32. The van der Waals surface area contributed by atoms with E-state index in [1.165, 1.54) is 0 Å². The predicted molar refractivity (Wildman–Crippen MR) is 130 cm³/mol. The minimum Gasteiger partial charge on any atom is -0.321 e. The molecule has 0 fully saturated rings. The van der Waals surface area contributed by atoms with Gasteiger partial charge in [-0.25, -0.2) is 9.67 Å². The second-order valence-electron chi connectivity index (χ2n) is 8.04. The summed E-state index contributed by atoms with van der Waals surface area (Å²) in [7, 11) is 0. The molecule has 162 valence electrons. The standard InChI is InChI=1S/C27H23N5O/c1-18-8-6-9-19(2)25(18)31-27(33)22-14-24(21-11-4-3-5-12-21)30-26-23(22)16-29-32(26)17-20-10-7-13-28-15-20/h3-16H,17H2,1-2H3,(H,31,33). The molecule has 6 nitrogen and oxygen atoms in total. The quantitative estimate of drug-likeness (QED) is 0.402. The zero-order valence-corrected chi connectivity index (χ0v) is 18.5. The first-order valence-corrected chi connectivity index (χ1v) is 10.8. The summed E-state index contributed by atoms with van der Waals surface area (Å²) in [4.78, 5) is 22.6. The van der Waals surface area contributed by atoms with Crippen LogP contribution in [0.3, 0.4) is 0 Å². The number of aromatic nitrogens is 4. The van der Waals surface area contributed by atoms with Crippen LogP contribution in [0.1, 0.15) is 27.0 Å². The first-order valence-electron chi connectivity index (χ1n) is 10.8. The Morgan fingerprint density at radius 3 is 2.45 bits per heavy atom. The van der Waals surface area contributed by atoms with E-state index in [0.717, 1.165) is 33.6 Å². The second kappa shape index (κ2) is 8.67. The van der Waals surface area contributed by atoms with Gasteiger partial charge in [-0.05, 0) is 42.7 Å². The fraction of sp³-hybridized carbons (Fsp3) is 0.111. The zero-order chi connectivity index (χ0) is 22.8. The minimum atomic E-state index is -0.182. The van der Waals surface area contributed by atoms with Gasteiger partial charge in [-0.1, -0.05) is 54.6 Å². The van der Waals surface area contributed by atoms with Crippen LogP contribution < -0.4 is 5.32 Å². The van der Waals surface area contributed by atoms with Crippen molar-refractivity contribution in [1.29, 1.82) is 0 Å². The molecule has 5 aromatic rings. The van der Waals surface area contributed by atoms with E-state index in [0.29, 0.717) is 23.1 Å². The van der Waals surface area contributed by atoms with Crippen LogP contribution in [-0.4, -0.2) is 25.7 Å². The van der Waals surface area contributed by atoms with E-state index in [-0.39, 0.29) is 5.91 Å². The number of carbonyl (C=O) groups is 1. The lowest BCUT2D eigenvalue weighted by atomic mass is 10.1. The third-order valence-electron chi connectivity index (χ3n) is 5.70. The minimum absolute atomic E-state index is 0.182. The number of para-hydroxylation sites is 1. The number of hydrogen-bond donors (Lipinski definition) is 1. The molecule has 0 aliphatic heterocycles. The van der Waals surface area contributed by atoms with Gasteiger partial charge >= 0.3 is 0 Å². The van der Waals surface area contributed by atoms with Gasteiger partial charge in [0.1, 0.15) is 0 Å². The number of fused-ring (bicyclic) bond motifs is 1. The largest absolute Gasteiger partial charge is 0.321 e. The SMILES string of the molecule is Cc1cccc(C)c1NC(=O)c1cc(-c2ccccc2)nc2c1cnn2Cc1cccnc1. The number of benzene rings is 2. The second-order valence-corrected chi connectivity index (χ2v) is 8.04. The summed E-state index contributed by atoms with van der Waals surface area (Å²) in [6.45, 7) is 4.50. The number of nitrogens with zero attached hydrogens (tertiary/aromatic N) is 4. The van der Waals surface area contributed by atoms with E-state index in [1.807, 2.05) is 91.5 Å². The van der Waals surface area contributed by atoms with Crippen LogP contribution in [0.15, 0.2) is 85.3 Å². The van der Waals surface area contributed by atoms with Gasteiger partial charge in [0.15, 0.2) is 5.65 Å². The summed E-state index contributed by atoms with van der Waals surface area (Å²) in [5, 5.41) is 8.38. The number of rotatable bonds is 5. The van der Waals surface area contributed by atoms with Crippen LogP contribution in [0.5, 0.6) is 0 Å². The van der Waals surface area contributed by atoms with Gasteiger partial charge in [0, 0.05) is 23.6 Å². The summed E-state index contributed by atoms with van der Waals surface area (Å²) in [6.07, 6.45) is 5.27. The van der Waals surface area contributed by atoms with Gasteiger partial charge in [-0.3, -0.25) is 9.78 Å². The van der Waals surface area contributed by atoms with Crippen molar-refractivity contribution in [2.24, 2.45) is 0 Å². The molecule has 33 heavy (non-hydrogen) atoms. The third kappa shape index (κ3) is 4.11. The number of amides is 1. The van der Waals surface area contributed by atoms with Crippen molar-refractivity contribution >= 4 is 22.6 Å². The van der Waals surface area contributed by atoms with Crippen LogP contribution in [-0.2, 0) is 6.54 Å². The summed E-state index contributed by atoms with van der Waals surface area (Å²) >= 11 is 0. The smallest absolute Gasteiger partial charge is 0.256 e. The van der Waals surface area contributed by atoms with Gasteiger partial charge in [-0.15, -0.1) is 0 Å². The van der Waals surface area contributed by atoms with Crippen molar-refractivity contribution in [3.05, 3.63) is 108 Å². The number of anilines is 1. The molecule has 0 aliphatic carbocycles. The van der Waals surface area contributed by atoms with Gasteiger partial charge in [0.05, 0.1) is 29.4 Å². The highest BCUT2D eigenvalue weighted by atomic mass is 16.1. The van der Waals surface area contributed by atoms with E-state index < -0.39 is 0 Å². The van der Waals surface area contributed by atoms with Crippen molar-refractivity contribution in [1.82, 2.24) is 19.7 Å². The lowest BCUT2D eigenvalue weighted by molar-refractivity contribution is 0.102. The molecule has 0 radical (unpaired) electrons. The van der Waals surface area contributed by atoms with Crippen molar-refractivity contribution in [2.45, 2.75) is 20.4 Å². The molecule has 3 heterocycles. The van der Waals surface area contributed by atoms with Gasteiger partial charge in [-0.2, -0.15) is 5.10 Å². The fourth-order valence-corrected chi connectivity index (χ4v) is 3.97. The van der Waals surface area contributed by atoms with Gasteiger partial charge in [0.25, 0.3) is 5.91 Å². The van der Waals surface area contributed by atoms with Crippen molar-refractivity contribution < 1.29 is 4.79 Å². The van der Waals surface area contributed by atoms with Crippen molar-refractivity contribution in [3.8, 4) is 11.3 Å². The van der Waals surface area contributed by atoms with Crippen LogP contribution in [0, 0.1) is 13.8 Å². The summed E-state index contributed by atoms with van der Waals surface area (Å²) in [5.74, 6) is -0.182. The molecule has 5 rings (SSSR count). The van der Waals surface area contributed by atoms with Crippen LogP contribution in [0.25, 0.3) is 22.3 Å². The maximum atomic E-state index is 13.5. The monoisotopic (exact) mass is 433 g/mol. The van der Waals surface area contributed by atoms with E-state index in [2.05, 4.69) is 15.4 Å². The number of pyridine rings is 2. The molecule has 0 bridgehead atoms. The molecule has 0 spiro atoms. The van der Waals surface area contributed by atoms with Crippen LogP contribution >= 0.6 is 0 Å². The maximum absolute atomic E-state index is 13.5. The van der Waals surface area contributed by atoms with Crippen molar-refractivity contribution in [2.75, 3.05) is 5.32 Å². The Labute approximate surface area is 192 Å². The molecule has 0 aliphatic rings. The Bertz CT molecular complexity index is 1420. The first-order chi connectivity index (χ1) is 16.1. The van der Waals surface area contributed by atoms with E-state index in [4.69, 9.17) is 4.98 Å². The maximum Gasteiger partial charge on any atom is 0.256 e. The fourth-order valence-electron chi connectivity index (χ4n) is 3.97. The molecule has 1 N–H and O–H groups in total. The molecule has 0 saturated heterocycles. The van der Waals surface area contributed by atoms with E-state index in [1.54, 1.807) is 12.4 Å². The molecule has 6 heteroatoms. The molecular formula is C27H23N5O. The highest BCUT2D eigenvalue weighted by Gasteiger charge is 2.19. The normalized spacial score (nSPS) is 11.0. The Morgan fingerprint density at radius 1 is 0.939 bits per heavy atom. The Morgan fingerprint density at radius 2 is 1.73 bits per heavy atom. The highest BCUT2D eigenvalue weighted by Crippen LogP contribution is 2.27. The average molecular weight is 434 g/mol. The first kappa shape index (κ1) is 20.6. The number of nitrogens with one attached hydrogen (secondary N) is 1. The van der Waals surface area contributed by atoms with Crippen LogP contribution in [0.2, 0.25) is 0 Å². The molecule has 1 amide bonds. The molecule has 0 unspecified atom stereocenters.